The summed E-state index contributed by atoms with van der Waals surface area (Å²) in [5, 5.41) is 7.64. The van der Waals surface area contributed by atoms with E-state index in [-0.39, 0.29) is 5.97 Å². The van der Waals surface area contributed by atoms with Crippen molar-refractivity contribution in [3.05, 3.63) is 77.2 Å². The molecule has 0 atom stereocenters. The van der Waals surface area contributed by atoms with Crippen molar-refractivity contribution in [2.75, 3.05) is 5.32 Å². The number of rotatable bonds is 4. The largest absolute Gasteiger partial charge is 0.423 e. The zero-order valence-electron chi connectivity index (χ0n) is 13.0. The summed E-state index contributed by atoms with van der Waals surface area (Å²) in [6.07, 6.45) is 1.50. The molecule has 2 aromatic carbocycles. The second-order valence-electron chi connectivity index (χ2n) is 5.29. The number of ether oxygens (including phenoxy) is 1. The van der Waals surface area contributed by atoms with E-state index in [9.17, 15) is 4.79 Å². The number of hydrogen-bond acceptors (Lipinski definition) is 6. The van der Waals surface area contributed by atoms with Crippen LogP contribution < -0.4 is 10.1 Å². The zero-order chi connectivity index (χ0) is 17.1. The van der Waals surface area contributed by atoms with Crippen LogP contribution in [0.5, 0.6) is 5.75 Å². The van der Waals surface area contributed by atoms with Crippen LogP contribution in [0.25, 0.3) is 10.9 Å². The molecule has 2 aromatic heterocycles. The molecular weight excluding hydrogens is 334 g/mol. The second kappa shape index (κ2) is 6.70. The minimum Gasteiger partial charge on any atom is -0.423 e. The molecule has 25 heavy (non-hydrogen) atoms. The summed E-state index contributed by atoms with van der Waals surface area (Å²) in [6.45, 7) is 0. The molecule has 6 heteroatoms. The Hall–Kier alpha value is -3.25. The summed E-state index contributed by atoms with van der Waals surface area (Å²) in [6, 6.07) is 16.8. The average Bonchev–Trinajstić information content (AvgIpc) is 3.18. The Labute approximate surface area is 147 Å². The molecule has 2 heterocycles. The van der Waals surface area contributed by atoms with Gasteiger partial charge in [-0.05, 0) is 41.8 Å². The van der Waals surface area contributed by atoms with Gasteiger partial charge in [0.1, 0.15) is 17.9 Å². The summed E-state index contributed by atoms with van der Waals surface area (Å²) in [5.74, 6) is 0.731. The van der Waals surface area contributed by atoms with Gasteiger partial charge in [0.15, 0.2) is 0 Å². The molecule has 0 spiro atoms. The fourth-order valence-electron chi connectivity index (χ4n) is 2.40. The van der Waals surface area contributed by atoms with E-state index in [1.54, 1.807) is 23.6 Å². The Bertz CT molecular complexity index is 1020. The van der Waals surface area contributed by atoms with Gasteiger partial charge >= 0.3 is 5.97 Å². The summed E-state index contributed by atoms with van der Waals surface area (Å²) in [4.78, 5) is 20.7. The van der Waals surface area contributed by atoms with Gasteiger partial charge in [-0.15, -0.1) is 0 Å². The highest BCUT2D eigenvalue weighted by Crippen LogP contribution is 2.27. The van der Waals surface area contributed by atoms with Gasteiger partial charge in [-0.2, -0.15) is 11.3 Å². The van der Waals surface area contributed by atoms with E-state index >= 15 is 0 Å². The maximum Gasteiger partial charge on any atom is 0.344 e. The van der Waals surface area contributed by atoms with Crippen LogP contribution in [0.3, 0.4) is 0 Å². The molecule has 0 bridgehead atoms. The maximum atomic E-state index is 12.1. The quantitative estimate of drug-likeness (QED) is 0.430. The zero-order valence-corrected chi connectivity index (χ0v) is 13.9. The first-order valence-corrected chi connectivity index (χ1v) is 8.55. The number of aromatic nitrogens is 2. The van der Waals surface area contributed by atoms with Gasteiger partial charge in [0.25, 0.3) is 0 Å². The predicted molar refractivity (Wildman–Crippen MR) is 98.5 cm³/mol. The highest BCUT2D eigenvalue weighted by Gasteiger charge is 2.11. The Morgan fingerprint density at radius 2 is 1.92 bits per heavy atom. The van der Waals surface area contributed by atoms with Crippen molar-refractivity contribution >= 4 is 39.7 Å². The number of esters is 1. The second-order valence-corrected chi connectivity index (χ2v) is 6.07. The van der Waals surface area contributed by atoms with Gasteiger partial charge in [-0.3, -0.25) is 0 Å². The minimum absolute atomic E-state index is 0.380. The van der Waals surface area contributed by atoms with Crippen molar-refractivity contribution in [3.63, 3.8) is 0 Å². The molecule has 122 valence electrons. The molecule has 1 N–H and O–H groups in total. The lowest BCUT2D eigenvalue weighted by molar-refractivity contribution is 0.0735. The Kier molecular flexibility index (Phi) is 4.10. The first-order chi connectivity index (χ1) is 12.3. The molecule has 0 radical (unpaired) electrons. The lowest BCUT2D eigenvalue weighted by atomic mass is 10.2. The third-order valence-corrected chi connectivity index (χ3v) is 4.29. The van der Waals surface area contributed by atoms with Crippen molar-refractivity contribution < 1.29 is 9.53 Å². The molecular formula is C19H13N3O2S. The Balaban J connectivity index is 1.67. The third-order valence-electron chi connectivity index (χ3n) is 3.61. The first kappa shape index (κ1) is 15.3. The average molecular weight is 347 g/mol. The highest BCUT2D eigenvalue weighted by atomic mass is 32.1. The molecule has 0 saturated carbocycles. The number of benzene rings is 2. The van der Waals surface area contributed by atoms with E-state index in [1.807, 2.05) is 41.8 Å². The van der Waals surface area contributed by atoms with Gasteiger partial charge in [-0.1, -0.05) is 18.2 Å². The number of carbonyl (C=O) groups is 1. The van der Waals surface area contributed by atoms with Gasteiger partial charge in [-0.25, -0.2) is 14.8 Å². The maximum absolute atomic E-state index is 12.1. The van der Waals surface area contributed by atoms with Crippen molar-refractivity contribution in [2.24, 2.45) is 0 Å². The van der Waals surface area contributed by atoms with Crippen LogP contribution in [0, 0.1) is 0 Å². The van der Waals surface area contributed by atoms with Crippen LogP contribution >= 0.6 is 11.3 Å². The fraction of sp³-hybridized carbons (Fsp3) is 0. The summed E-state index contributed by atoms with van der Waals surface area (Å²) in [7, 11) is 0. The fourth-order valence-corrected chi connectivity index (χ4v) is 3.03. The first-order valence-electron chi connectivity index (χ1n) is 7.61. The number of thiophene rings is 1. The van der Waals surface area contributed by atoms with Crippen molar-refractivity contribution in [1.29, 1.82) is 0 Å². The number of anilines is 2. The smallest absolute Gasteiger partial charge is 0.344 e. The van der Waals surface area contributed by atoms with Crippen LogP contribution in [0.2, 0.25) is 0 Å². The van der Waals surface area contributed by atoms with E-state index in [4.69, 9.17) is 4.74 Å². The Morgan fingerprint density at radius 3 is 2.72 bits per heavy atom. The monoisotopic (exact) mass is 347 g/mol. The molecule has 5 nitrogen and oxygen atoms in total. The normalized spacial score (nSPS) is 10.6. The van der Waals surface area contributed by atoms with E-state index in [0.29, 0.717) is 17.1 Å². The lowest BCUT2D eigenvalue weighted by Gasteiger charge is -2.09. The van der Waals surface area contributed by atoms with Crippen LogP contribution in [-0.4, -0.2) is 15.9 Å². The van der Waals surface area contributed by atoms with E-state index < -0.39 is 0 Å². The van der Waals surface area contributed by atoms with Crippen LogP contribution in [0.1, 0.15) is 10.4 Å². The minimum atomic E-state index is -0.380. The molecule has 0 saturated heterocycles. The molecule has 4 aromatic rings. The number of carbonyl (C=O) groups excluding carboxylic acids is 1. The third kappa shape index (κ3) is 3.34. The van der Waals surface area contributed by atoms with Crippen LogP contribution in [0.15, 0.2) is 71.7 Å². The number of para-hydroxylation sites is 1. The van der Waals surface area contributed by atoms with Gasteiger partial charge < -0.3 is 10.1 Å². The van der Waals surface area contributed by atoms with E-state index in [1.165, 1.54) is 17.7 Å². The van der Waals surface area contributed by atoms with Crippen LogP contribution in [0.4, 0.5) is 11.5 Å². The number of nitrogens with one attached hydrogen (secondary N) is 1. The molecule has 4 rings (SSSR count). The molecule has 0 aliphatic rings. The molecule has 0 fully saturated rings. The molecule has 0 unspecified atom stereocenters. The number of fused-ring (bicyclic) bond motifs is 1. The number of nitrogens with zero attached hydrogens (tertiary/aromatic N) is 2. The van der Waals surface area contributed by atoms with Crippen LogP contribution in [-0.2, 0) is 0 Å². The lowest BCUT2D eigenvalue weighted by Crippen LogP contribution is -2.07. The van der Waals surface area contributed by atoms with Crippen molar-refractivity contribution in [1.82, 2.24) is 9.97 Å². The molecule has 0 aliphatic carbocycles. The Morgan fingerprint density at radius 1 is 1.04 bits per heavy atom. The van der Waals surface area contributed by atoms with Gasteiger partial charge in [0.05, 0.1) is 11.1 Å². The summed E-state index contributed by atoms with van der Waals surface area (Å²) in [5.41, 5.74) is 2.23. The highest BCUT2D eigenvalue weighted by molar-refractivity contribution is 7.08. The molecule has 0 aliphatic heterocycles. The predicted octanol–water partition coefficient (Wildman–Crippen LogP) is 4.65. The SMILES string of the molecule is O=C(Oc1ccc2ncnc(Nc3ccccc3)c2c1)c1ccsc1. The van der Waals surface area contributed by atoms with Gasteiger partial charge in [0, 0.05) is 16.5 Å². The summed E-state index contributed by atoms with van der Waals surface area (Å²) >= 11 is 1.45. The van der Waals surface area contributed by atoms with Crippen molar-refractivity contribution in [3.8, 4) is 5.75 Å². The number of hydrogen-bond donors (Lipinski definition) is 1. The van der Waals surface area contributed by atoms with Gasteiger partial charge in [0.2, 0.25) is 0 Å². The van der Waals surface area contributed by atoms with E-state index in [0.717, 1.165) is 16.6 Å². The summed E-state index contributed by atoms with van der Waals surface area (Å²) < 4.78 is 5.46. The van der Waals surface area contributed by atoms with E-state index in [2.05, 4.69) is 15.3 Å². The molecule has 0 amide bonds. The van der Waals surface area contributed by atoms with Crippen molar-refractivity contribution in [2.45, 2.75) is 0 Å². The standard InChI is InChI=1S/C19H13N3O2S/c23-19(13-8-9-25-11-13)24-15-6-7-17-16(10-15)18(21-12-20-17)22-14-4-2-1-3-5-14/h1-12H,(H,20,21,22). The topological polar surface area (TPSA) is 64.1 Å².